The summed E-state index contributed by atoms with van der Waals surface area (Å²) in [6.45, 7) is 2.79. The Bertz CT molecular complexity index is 1680. The molecule has 0 atom stereocenters. The molecule has 5 heterocycles. The smallest absolute Gasteiger partial charge is 0.410 e. The third kappa shape index (κ3) is 4.51. The molecule has 0 bridgehead atoms. The van der Waals surface area contributed by atoms with E-state index in [1.165, 1.54) is 0 Å². The topological polar surface area (TPSA) is 118 Å². The van der Waals surface area contributed by atoms with Crippen molar-refractivity contribution in [2.75, 3.05) is 36.5 Å². The van der Waals surface area contributed by atoms with Gasteiger partial charge in [0.05, 0.1) is 30.6 Å². The van der Waals surface area contributed by atoms with Crippen LogP contribution in [-0.4, -0.2) is 62.1 Å². The van der Waals surface area contributed by atoms with Crippen LogP contribution in [0.1, 0.15) is 11.4 Å². The highest BCUT2D eigenvalue weighted by atomic mass is 16.5. The number of hydrogen-bond acceptors (Lipinski definition) is 7. The minimum atomic E-state index is -1.18. The molecule has 2 N–H and O–H groups in total. The van der Waals surface area contributed by atoms with Crippen molar-refractivity contribution in [1.82, 2.24) is 24.6 Å². The average Bonchev–Trinajstić information content (AvgIpc) is 3.31. The molecular formula is C27H21N7O3. The number of anilines is 2. The van der Waals surface area contributed by atoms with Gasteiger partial charge in [0.15, 0.2) is 5.65 Å². The molecular weight excluding hydrogens is 470 g/mol. The molecule has 0 unspecified atom stereocenters. The minimum Gasteiger partial charge on any atom is -0.465 e. The van der Waals surface area contributed by atoms with Crippen molar-refractivity contribution in [3.63, 3.8) is 0 Å². The second-order valence-electron chi connectivity index (χ2n) is 8.36. The summed E-state index contributed by atoms with van der Waals surface area (Å²) >= 11 is 0. The maximum absolute atomic E-state index is 11.0. The largest absolute Gasteiger partial charge is 0.465 e. The third-order valence-corrected chi connectivity index (χ3v) is 6.03. The molecule has 5 aromatic rings. The summed E-state index contributed by atoms with van der Waals surface area (Å²) in [7, 11) is 0. The summed E-state index contributed by atoms with van der Waals surface area (Å²) in [4.78, 5) is 27.0. The standard InChI is InChI=1S/C27H21N7O3/c35-27(36)32-24-10-6-19(17-28-24)25-22(9-8-20-7-5-18-3-1-2-4-21(18)30-20)31-26-23(11-12-29-34(25)26)33-13-15-37-16-14-33/h1-7,10-12,17H,13-16H2,(H,28,32)(H,35,36). The monoisotopic (exact) mass is 491 g/mol. The van der Waals surface area contributed by atoms with Gasteiger partial charge < -0.3 is 14.7 Å². The van der Waals surface area contributed by atoms with Crippen molar-refractivity contribution in [3.05, 3.63) is 78.4 Å². The fourth-order valence-electron chi connectivity index (χ4n) is 4.31. The molecule has 37 heavy (non-hydrogen) atoms. The second kappa shape index (κ2) is 9.56. The van der Waals surface area contributed by atoms with Crippen LogP contribution in [0.4, 0.5) is 16.3 Å². The number of para-hydroxylation sites is 1. The number of pyridine rings is 2. The van der Waals surface area contributed by atoms with E-state index < -0.39 is 6.09 Å². The van der Waals surface area contributed by atoms with Gasteiger partial charge >= 0.3 is 6.09 Å². The molecule has 6 rings (SSSR count). The van der Waals surface area contributed by atoms with Gasteiger partial charge in [-0.2, -0.15) is 5.10 Å². The van der Waals surface area contributed by atoms with Crippen molar-refractivity contribution in [1.29, 1.82) is 0 Å². The number of nitrogens with zero attached hydrogens (tertiary/aromatic N) is 6. The molecule has 4 aromatic heterocycles. The number of aromatic nitrogens is 5. The first kappa shape index (κ1) is 22.5. The lowest BCUT2D eigenvalue weighted by Gasteiger charge is -2.28. The Labute approximate surface area is 211 Å². The molecule has 1 amide bonds. The zero-order chi connectivity index (χ0) is 25.2. The van der Waals surface area contributed by atoms with Gasteiger partial charge in [0.25, 0.3) is 0 Å². The Morgan fingerprint density at radius 3 is 2.68 bits per heavy atom. The molecule has 0 radical (unpaired) electrons. The van der Waals surface area contributed by atoms with E-state index in [1.54, 1.807) is 29.0 Å². The van der Waals surface area contributed by atoms with Crippen LogP contribution in [0.25, 0.3) is 27.8 Å². The van der Waals surface area contributed by atoms with Gasteiger partial charge in [-0.1, -0.05) is 24.3 Å². The zero-order valence-corrected chi connectivity index (χ0v) is 19.6. The van der Waals surface area contributed by atoms with Crippen LogP contribution >= 0.6 is 0 Å². The fourth-order valence-corrected chi connectivity index (χ4v) is 4.31. The molecule has 1 saturated heterocycles. The molecule has 0 saturated carbocycles. The number of ether oxygens (including phenoxy) is 1. The number of imidazole rings is 1. The van der Waals surface area contributed by atoms with Gasteiger partial charge in [-0.05, 0) is 42.2 Å². The summed E-state index contributed by atoms with van der Waals surface area (Å²) in [6.07, 6.45) is 2.14. The van der Waals surface area contributed by atoms with Crippen LogP contribution in [0.15, 0.2) is 67.0 Å². The van der Waals surface area contributed by atoms with E-state index in [-0.39, 0.29) is 5.82 Å². The lowest BCUT2D eigenvalue weighted by Crippen LogP contribution is -2.36. The SMILES string of the molecule is O=C(O)Nc1ccc(-c2c(C#Cc3ccc4ccccc4n3)nc3c(N4CCOCC4)ccnn23)cn1. The normalized spacial score (nSPS) is 13.4. The van der Waals surface area contributed by atoms with Gasteiger partial charge in [0.1, 0.15) is 22.9 Å². The number of hydrogen-bond donors (Lipinski definition) is 2. The van der Waals surface area contributed by atoms with Crippen LogP contribution in [-0.2, 0) is 4.74 Å². The molecule has 0 aliphatic carbocycles. The number of nitrogens with one attached hydrogen (secondary N) is 1. The minimum absolute atomic E-state index is 0.222. The maximum atomic E-state index is 11.0. The van der Waals surface area contributed by atoms with Crippen molar-refractivity contribution in [2.24, 2.45) is 0 Å². The Morgan fingerprint density at radius 1 is 1.00 bits per heavy atom. The van der Waals surface area contributed by atoms with Gasteiger partial charge in [-0.15, -0.1) is 0 Å². The van der Waals surface area contributed by atoms with Gasteiger partial charge in [0, 0.05) is 30.2 Å². The highest BCUT2D eigenvalue weighted by Crippen LogP contribution is 2.29. The summed E-state index contributed by atoms with van der Waals surface area (Å²) in [5.41, 5.74) is 4.98. The second-order valence-corrected chi connectivity index (χ2v) is 8.36. The molecule has 1 aliphatic rings. The van der Waals surface area contributed by atoms with Crippen LogP contribution < -0.4 is 10.2 Å². The number of benzene rings is 1. The predicted molar refractivity (Wildman–Crippen MR) is 139 cm³/mol. The number of carbonyl (C=O) groups is 1. The van der Waals surface area contributed by atoms with Crippen molar-refractivity contribution >= 4 is 34.1 Å². The lowest BCUT2D eigenvalue weighted by atomic mass is 10.1. The summed E-state index contributed by atoms with van der Waals surface area (Å²) < 4.78 is 7.27. The molecule has 1 fully saturated rings. The van der Waals surface area contributed by atoms with E-state index in [0.717, 1.165) is 29.7 Å². The first-order valence-corrected chi connectivity index (χ1v) is 11.7. The van der Waals surface area contributed by atoms with E-state index in [0.29, 0.717) is 41.5 Å². The molecule has 1 aliphatic heterocycles. The van der Waals surface area contributed by atoms with Crippen LogP contribution in [0.3, 0.4) is 0 Å². The van der Waals surface area contributed by atoms with E-state index in [2.05, 4.69) is 37.1 Å². The Kier molecular flexibility index (Phi) is 5.80. The quantitative estimate of drug-likeness (QED) is 0.367. The Morgan fingerprint density at radius 2 is 1.86 bits per heavy atom. The molecule has 182 valence electrons. The molecule has 10 heteroatoms. The Hall–Kier alpha value is -5.01. The van der Waals surface area contributed by atoms with E-state index in [4.69, 9.17) is 14.8 Å². The maximum Gasteiger partial charge on any atom is 0.410 e. The number of morpholine rings is 1. The number of carboxylic acid groups (broad SMARTS) is 1. The number of amides is 1. The first-order valence-electron chi connectivity index (χ1n) is 11.7. The summed E-state index contributed by atoms with van der Waals surface area (Å²) in [5.74, 6) is 6.57. The van der Waals surface area contributed by atoms with Crippen LogP contribution in [0.2, 0.25) is 0 Å². The molecule has 0 spiro atoms. The van der Waals surface area contributed by atoms with Gasteiger partial charge in [-0.3, -0.25) is 5.32 Å². The molecule has 1 aromatic carbocycles. The highest BCUT2D eigenvalue weighted by Gasteiger charge is 2.21. The number of rotatable bonds is 3. The van der Waals surface area contributed by atoms with Crippen molar-refractivity contribution < 1.29 is 14.6 Å². The van der Waals surface area contributed by atoms with E-state index in [1.807, 2.05) is 42.5 Å². The first-order chi connectivity index (χ1) is 18.2. The molecule has 10 nitrogen and oxygen atoms in total. The number of fused-ring (bicyclic) bond motifs is 2. The predicted octanol–water partition coefficient (Wildman–Crippen LogP) is 3.67. The summed E-state index contributed by atoms with van der Waals surface area (Å²) in [6, 6.07) is 17.1. The lowest BCUT2D eigenvalue weighted by molar-refractivity contribution is 0.123. The van der Waals surface area contributed by atoms with Crippen molar-refractivity contribution in [2.45, 2.75) is 0 Å². The van der Waals surface area contributed by atoms with E-state index >= 15 is 0 Å². The average molecular weight is 492 g/mol. The van der Waals surface area contributed by atoms with Gasteiger partial charge in [0.2, 0.25) is 0 Å². The highest BCUT2D eigenvalue weighted by molar-refractivity contribution is 5.82. The summed E-state index contributed by atoms with van der Waals surface area (Å²) in [5, 5.41) is 16.9. The fraction of sp³-hybridized carbons (Fsp3) is 0.148. The van der Waals surface area contributed by atoms with Crippen molar-refractivity contribution in [3.8, 4) is 23.1 Å². The van der Waals surface area contributed by atoms with E-state index in [9.17, 15) is 4.79 Å². The third-order valence-electron chi connectivity index (χ3n) is 6.03. The van der Waals surface area contributed by atoms with Crippen LogP contribution in [0.5, 0.6) is 0 Å². The Balaban J connectivity index is 1.48. The zero-order valence-electron chi connectivity index (χ0n) is 19.6. The van der Waals surface area contributed by atoms with Gasteiger partial charge in [-0.25, -0.2) is 24.3 Å². The van der Waals surface area contributed by atoms with Crippen LogP contribution in [0, 0.1) is 11.8 Å².